The van der Waals surface area contributed by atoms with Gasteiger partial charge in [-0.05, 0) is 62.2 Å². The summed E-state index contributed by atoms with van der Waals surface area (Å²) in [5.74, 6) is -0.568. The third-order valence-corrected chi connectivity index (χ3v) is 5.69. The van der Waals surface area contributed by atoms with E-state index in [4.69, 9.17) is 9.47 Å². The van der Waals surface area contributed by atoms with Gasteiger partial charge < -0.3 is 14.4 Å². The van der Waals surface area contributed by atoms with Crippen LogP contribution in [0, 0.1) is 11.7 Å². The first-order chi connectivity index (χ1) is 16.0. The van der Waals surface area contributed by atoms with Crippen molar-refractivity contribution in [2.75, 3.05) is 26.8 Å². The minimum atomic E-state index is -0.375. The Morgan fingerprint density at radius 3 is 2.67 bits per heavy atom. The van der Waals surface area contributed by atoms with Crippen LogP contribution in [0.2, 0.25) is 0 Å². The molecule has 3 aromatic rings. The summed E-state index contributed by atoms with van der Waals surface area (Å²) in [7, 11) is 1.58. The number of hydrogen-bond acceptors (Lipinski definition) is 5. The van der Waals surface area contributed by atoms with E-state index in [0.717, 1.165) is 5.56 Å². The minimum Gasteiger partial charge on any atom is -0.497 e. The highest BCUT2D eigenvalue weighted by atomic mass is 19.1. The number of nitrogens with zero attached hydrogens (tertiary/aromatic N) is 3. The summed E-state index contributed by atoms with van der Waals surface area (Å²) < 4.78 is 25.5. The molecule has 1 aliphatic heterocycles. The van der Waals surface area contributed by atoms with Crippen molar-refractivity contribution in [3.05, 3.63) is 66.1 Å². The maximum Gasteiger partial charge on any atom is 0.310 e. The molecule has 1 fully saturated rings. The average Bonchev–Trinajstić information content (AvgIpc) is 3.30. The quantitative estimate of drug-likeness (QED) is 0.528. The van der Waals surface area contributed by atoms with Crippen LogP contribution in [-0.4, -0.2) is 53.4 Å². The van der Waals surface area contributed by atoms with E-state index >= 15 is 0 Å². The molecule has 4 rings (SSSR count). The lowest BCUT2D eigenvalue weighted by Crippen LogP contribution is -2.43. The van der Waals surface area contributed by atoms with Gasteiger partial charge in [0.15, 0.2) is 0 Å². The van der Waals surface area contributed by atoms with E-state index in [1.807, 2.05) is 24.3 Å². The minimum absolute atomic E-state index is 0.241. The molecule has 0 radical (unpaired) electrons. The number of piperidine rings is 1. The first-order valence-electron chi connectivity index (χ1n) is 11.0. The van der Waals surface area contributed by atoms with E-state index in [-0.39, 0.29) is 23.6 Å². The molecule has 1 atom stereocenters. The zero-order chi connectivity index (χ0) is 23.4. The predicted octanol–water partition coefficient (Wildman–Crippen LogP) is 4.10. The molecule has 7 nitrogen and oxygen atoms in total. The van der Waals surface area contributed by atoms with Crippen LogP contribution in [0.4, 0.5) is 4.39 Å². The Hall–Kier alpha value is -3.68. The SMILES string of the molecule is CCOC(=O)C1CCCN(C(=O)c2cc(-c3cccc(OC)c3)nn2-c2ccc(F)cc2)C1. The highest BCUT2D eigenvalue weighted by molar-refractivity contribution is 5.95. The van der Waals surface area contributed by atoms with E-state index in [9.17, 15) is 14.0 Å². The van der Waals surface area contributed by atoms with Crippen LogP contribution in [-0.2, 0) is 9.53 Å². The molecule has 1 unspecified atom stereocenters. The molecule has 1 amide bonds. The summed E-state index contributed by atoms with van der Waals surface area (Å²) in [6.45, 7) is 2.91. The smallest absolute Gasteiger partial charge is 0.310 e. The number of rotatable bonds is 6. The number of hydrogen-bond donors (Lipinski definition) is 0. The molecule has 8 heteroatoms. The number of methoxy groups -OCH3 is 1. The number of likely N-dealkylation sites (tertiary alicyclic amines) is 1. The van der Waals surface area contributed by atoms with Crippen molar-refractivity contribution < 1.29 is 23.5 Å². The third kappa shape index (κ3) is 4.89. The largest absolute Gasteiger partial charge is 0.497 e. The molecule has 1 saturated heterocycles. The molecule has 0 bridgehead atoms. The Morgan fingerprint density at radius 1 is 1.15 bits per heavy atom. The van der Waals surface area contributed by atoms with E-state index in [2.05, 4.69) is 5.10 Å². The summed E-state index contributed by atoms with van der Waals surface area (Å²) in [6.07, 6.45) is 1.40. The number of aromatic nitrogens is 2. The van der Waals surface area contributed by atoms with Gasteiger partial charge in [0.2, 0.25) is 0 Å². The van der Waals surface area contributed by atoms with Gasteiger partial charge in [-0.15, -0.1) is 0 Å². The Morgan fingerprint density at radius 2 is 1.94 bits per heavy atom. The van der Waals surface area contributed by atoms with Crippen molar-refractivity contribution in [3.63, 3.8) is 0 Å². The summed E-state index contributed by atoms with van der Waals surface area (Å²) in [5, 5.41) is 4.65. The monoisotopic (exact) mass is 451 g/mol. The van der Waals surface area contributed by atoms with Gasteiger partial charge >= 0.3 is 5.97 Å². The zero-order valence-corrected chi connectivity index (χ0v) is 18.7. The number of carbonyl (C=O) groups is 2. The van der Waals surface area contributed by atoms with Gasteiger partial charge in [-0.3, -0.25) is 9.59 Å². The lowest BCUT2D eigenvalue weighted by molar-refractivity contribution is -0.149. The highest BCUT2D eigenvalue weighted by Gasteiger charge is 2.31. The maximum atomic E-state index is 13.6. The number of esters is 1. The maximum absolute atomic E-state index is 13.6. The Kier molecular flexibility index (Phi) is 6.72. The number of halogens is 1. The van der Waals surface area contributed by atoms with E-state index < -0.39 is 0 Å². The molecule has 33 heavy (non-hydrogen) atoms. The van der Waals surface area contributed by atoms with Crippen LogP contribution in [0.25, 0.3) is 16.9 Å². The lowest BCUT2D eigenvalue weighted by Gasteiger charge is -2.31. The summed E-state index contributed by atoms with van der Waals surface area (Å²) in [5.41, 5.74) is 2.27. The molecule has 0 N–H and O–H groups in total. The Balaban J connectivity index is 1.71. The van der Waals surface area contributed by atoms with E-state index in [0.29, 0.717) is 55.4 Å². The molecule has 1 aliphatic rings. The molecular weight excluding hydrogens is 425 g/mol. The van der Waals surface area contributed by atoms with Crippen molar-refractivity contribution in [3.8, 4) is 22.7 Å². The number of carbonyl (C=O) groups excluding carboxylic acids is 2. The second-order valence-corrected chi connectivity index (χ2v) is 7.88. The van der Waals surface area contributed by atoms with Crippen molar-refractivity contribution in [2.45, 2.75) is 19.8 Å². The predicted molar refractivity (Wildman–Crippen MR) is 121 cm³/mol. The van der Waals surface area contributed by atoms with Crippen molar-refractivity contribution in [1.82, 2.24) is 14.7 Å². The summed E-state index contributed by atoms with van der Waals surface area (Å²) >= 11 is 0. The topological polar surface area (TPSA) is 73.7 Å². The van der Waals surface area contributed by atoms with Gasteiger partial charge in [-0.1, -0.05) is 12.1 Å². The van der Waals surface area contributed by atoms with Gasteiger partial charge in [0.25, 0.3) is 5.91 Å². The summed E-state index contributed by atoms with van der Waals surface area (Å²) in [6, 6.07) is 14.9. The first-order valence-corrected chi connectivity index (χ1v) is 11.0. The third-order valence-electron chi connectivity index (χ3n) is 5.69. The standard InChI is InChI=1S/C25H26FN3O4/c1-3-33-25(31)18-7-5-13-28(16-18)24(30)23-15-22(17-6-4-8-21(14-17)32-2)27-29(23)20-11-9-19(26)10-12-20/h4,6,8-12,14-15,18H,3,5,7,13,16H2,1-2H3. The van der Waals surface area contributed by atoms with Crippen molar-refractivity contribution in [1.29, 1.82) is 0 Å². The van der Waals surface area contributed by atoms with Crippen LogP contribution < -0.4 is 4.74 Å². The van der Waals surface area contributed by atoms with Gasteiger partial charge in [0, 0.05) is 18.7 Å². The zero-order valence-electron chi connectivity index (χ0n) is 18.7. The van der Waals surface area contributed by atoms with Gasteiger partial charge in [0.1, 0.15) is 17.3 Å². The van der Waals surface area contributed by atoms with Crippen LogP contribution in [0.1, 0.15) is 30.3 Å². The van der Waals surface area contributed by atoms with Crippen LogP contribution >= 0.6 is 0 Å². The average molecular weight is 451 g/mol. The Labute approximate surface area is 191 Å². The number of amides is 1. The molecular formula is C25H26FN3O4. The molecule has 0 spiro atoms. The molecule has 2 heterocycles. The molecule has 2 aromatic carbocycles. The normalized spacial score (nSPS) is 15.8. The summed E-state index contributed by atoms with van der Waals surface area (Å²) in [4.78, 5) is 27.5. The second kappa shape index (κ2) is 9.85. The first kappa shape index (κ1) is 22.5. The van der Waals surface area contributed by atoms with Gasteiger partial charge in [-0.25, -0.2) is 9.07 Å². The molecule has 172 valence electrons. The fourth-order valence-corrected chi connectivity index (χ4v) is 4.01. The number of ether oxygens (including phenoxy) is 2. The van der Waals surface area contributed by atoms with E-state index in [1.165, 1.54) is 16.8 Å². The van der Waals surface area contributed by atoms with Gasteiger partial charge in [0.05, 0.1) is 31.0 Å². The lowest BCUT2D eigenvalue weighted by atomic mass is 9.98. The second-order valence-electron chi connectivity index (χ2n) is 7.88. The molecule has 0 aliphatic carbocycles. The van der Waals surface area contributed by atoms with E-state index in [1.54, 1.807) is 37.1 Å². The van der Waals surface area contributed by atoms with Crippen LogP contribution in [0.15, 0.2) is 54.6 Å². The van der Waals surface area contributed by atoms with Crippen molar-refractivity contribution >= 4 is 11.9 Å². The number of benzene rings is 2. The van der Waals surface area contributed by atoms with Crippen LogP contribution in [0.3, 0.4) is 0 Å². The van der Waals surface area contributed by atoms with Crippen LogP contribution in [0.5, 0.6) is 5.75 Å². The fourth-order valence-electron chi connectivity index (χ4n) is 4.01. The van der Waals surface area contributed by atoms with Crippen molar-refractivity contribution in [2.24, 2.45) is 5.92 Å². The van der Waals surface area contributed by atoms with Gasteiger partial charge in [-0.2, -0.15) is 5.10 Å². The Bertz CT molecular complexity index is 1140. The fraction of sp³-hybridized carbons (Fsp3) is 0.320. The molecule has 1 aromatic heterocycles. The molecule has 0 saturated carbocycles. The highest BCUT2D eigenvalue weighted by Crippen LogP contribution is 2.27.